The number of nitrogens with zero attached hydrogens (tertiary/aromatic N) is 10. The van der Waals surface area contributed by atoms with Crippen LogP contribution in [0.3, 0.4) is 0 Å². The highest BCUT2D eigenvalue weighted by Gasteiger charge is 2.38. The van der Waals surface area contributed by atoms with E-state index in [0.29, 0.717) is 34.2 Å². The molecule has 5 aromatic heterocycles. The fourth-order valence-electron chi connectivity index (χ4n) is 6.74. The van der Waals surface area contributed by atoms with E-state index in [9.17, 15) is 19.2 Å². The van der Waals surface area contributed by atoms with Crippen LogP contribution >= 0.6 is 0 Å². The fourth-order valence-corrected chi connectivity index (χ4v) is 6.74. The maximum atomic E-state index is 12.4. The molecule has 1 saturated carbocycles. The topological polar surface area (TPSA) is 284 Å². The van der Waals surface area contributed by atoms with Gasteiger partial charge in [0.1, 0.15) is 18.3 Å². The number of carbonyl (C=O) groups excluding carboxylic acids is 1. The highest BCUT2D eigenvalue weighted by atomic mass is 16.5. The van der Waals surface area contributed by atoms with Crippen molar-refractivity contribution in [1.29, 1.82) is 0 Å². The molecule has 9 rings (SSSR count). The number of nitrogens with one attached hydrogen (secondary N) is 3. The number of azide groups is 1. The first-order chi connectivity index (χ1) is 27.1. The van der Waals surface area contributed by atoms with Crippen molar-refractivity contribution >= 4 is 34.4 Å². The summed E-state index contributed by atoms with van der Waals surface area (Å²) in [6, 6.07) is 5.37. The summed E-state index contributed by atoms with van der Waals surface area (Å²) in [5.41, 5.74) is 10.7. The number of imidazole rings is 1. The number of amides is 1. The zero-order valence-corrected chi connectivity index (χ0v) is 30.3. The van der Waals surface area contributed by atoms with E-state index in [-0.39, 0.29) is 43.4 Å². The summed E-state index contributed by atoms with van der Waals surface area (Å²) in [6.45, 7) is 3.25. The van der Waals surface area contributed by atoms with Crippen molar-refractivity contribution in [2.45, 2.75) is 82.7 Å². The van der Waals surface area contributed by atoms with Crippen LogP contribution in [0.5, 0.6) is 0 Å². The van der Waals surface area contributed by atoms with Crippen LogP contribution in [0, 0.1) is 13.8 Å². The number of aryl methyl sites for hydroxylation is 2. The molecule has 0 spiro atoms. The normalized spacial score (nSPS) is 22.4. The summed E-state index contributed by atoms with van der Waals surface area (Å²) in [5, 5.41) is 24.7. The molecule has 0 bridgehead atoms. The molecule has 2 saturated heterocycles. The van der Waals surface area contributed by atoms with Gasteiger partial charge in [0, 0.05) is 41.5 Å². The molecule has 0 aromatic carbocycles. The molecular weight excluding hydrogens is 730 g/mol. The molecule has 5 aromatic rings. The number of aromatic amines is 2. The Morgan fingerprint density at radius 1 is 0.911 bits per heavy atom. The average Bonchev–Trinajstić information content (AvgIpc) is 3.57. The lowest BCUT2D eigenvalue weighted by Gasteiger charge is -2.23. The molecule has 1 amide bonds. The molecule has 5 N–H and O–H groups in total. The number of carbonyl (C=O) groups is 1. The number of fused-ring (bicyclic) bond motifs is 3. The number of aliphatic hydroxyl groups excluding tert-OH is 2. The van der Waals surface area contributed by atoms with Crippen molar-refractivity contribution in [3.05, 3.63) is 108 Å². The third-order valence-electron chi connectivity index (χ3n) is 9.78. The summed E-state index contributed by atoms with van der Waals surface area (Å²) < 4.78 is 14.1. The number of rotatable bonds is 6. The zero-order chi connectivity index (χ0) is 39.5. The first-order valence-corrected chi connectivity index (χ1v) is 17.9. The molecule has 1 aliphatic carbocycles. The zero-order valence-electron chi connectivity index (χ0n) is 30.3. The molecule has 292 valence electrons. The van der Waals surface area contributed by atoms with Crippen LogP contribution in [0.4, 0.5) is 17.3 Å². The molecule has 56 heavy (non-hydrogen) atoms. The second-order valence-corrected chi connectivity index (χ2v) is 13.6. The van der Waals surface area contributed by atoms with Crippen molar-refractivity contribution in [3.8, 4) is 0 Å². The largest absolute Gasteiger partial charge is 0.394 e. The monoisotopic (exact) mass is 769 g/mol. The third kappa shape index (κ3) is 7.66. The molecule has 0 unspecified atom stereocenters. The molecule has 5 atom stereocenters. The minimum Gasteiger partial charge on any atom is -0.394 e. The van der Waals surface area contributed by atoms with Crippen LogP contribution in [0.15, 0.2) is 68.9 Å². The Kier molecular flexibility index (Phi) is 11.0. The van der Waals surface area contributed by atoms with Crippen LogP contribution in [0.25, 0.3) is 21.6 Å². The van der Waals surface area contributed by atoms with Crippen LogP contribution in [0.1, 0.15) is 66.0 Å². The standard InChI is InChI=1S/C15H14N4O.C10H13N5O4.C10H12N4O3/c1-9-6-8-17-14-12(9)18-15(20)11-3-2-7-16-13(11)19(14)10-4-5-10;1-5-3-15(10(18)12-9(5)17)8-2-6(13-14-11)7(4-16)19-8;15-3-6-1-2-7(17-6)14-5-13-8-9(14)11-4-12-10(8)16/h2-3,6-8,10H,4-5H2,1H3,(H,18,20);3,6-8,16H,2,4H2,1H3,(H,12,17,18);4-7,15H,1-3H2,(H,11,12,16)/t;6-,7+,8+;6-,7+/m.00/s1. The van der Waals surface area contributed by atoms with Gasteiger partial charge in [-0.05, 0) is 68.8 Å². The number of ether oxygens (including phenoxy) is 2. The summed E-state index contributed by atoms with van der Waals surface area (Å²) in [6.07, 6.45) is 10.2. The first kappa shape index (κ1) is 38.0. The summed E-state index contributed by atoms with van der Waals surface area (Å²) >= 11 is 0. The molecule has 21 nitrogen and oxygen atoms in total. The lowest BCUT2D eigenvalue weighted by Crippen LogP contribution is -2.33. The van der Waals surface area contributed by atoms with E-state index in [2.05, 4.69) is 50.1 Å². The van der Waals surface area contributed by atoms with Crippen molar-refractivity contribution in [1.82, 2.24) is 39.0 Å². The molecule has 8 heterocycles. The van der Waals surface area contributed by atoms with Crippen molar-refractivity contribution < 1.29 is 24.5 Å². The molecule has 3 aliphatic heterocycles. The second kappa shape index (κ2) is 16.2. The van der Waals surface area contributed by atoms with E-state index in [1.807, 2.05) is 19.1 Å². The van der Waals surface area contributed by atoms with Crippen LogP contribution < -0.4 is 27.0 Å². The maximum Gasteiger partial charge on any atom is 0.330 e. The van der Waals surface area contributed by atoms with E-state index in [1.54, 1.807) is 36.3 Å². The van der Waals surface area contributed by atoms with E-state index in [4.69, 9.17) is 25.2 Å². The van der Waals surface area contributed by atoms with Gasteiger partial charge in [-0.2, -0.15) is 0 Å². The molecule has 21 heteroatoms. The van der Waals surface area contributed by atoms with Gasteiger partial charge < -0.3 is 34.9 Å². The quantitative estimate of drug-likeness (QED) is 0.0942. The number of pyridine rings is 2. The predicted molar refractivity (Wildman–Crippen MR) is 199 cm³/mol. The Hall–Kier alpha value is -6.25. The van der Waals surface area contributed by atoms with E-state index >= 15 is 0 Å². The fraction of sp³-hybridized carbons (Fsp3) is 0.429. The number of hydrogen-bond donors (Lipinski definition) is 5. The van der Waals surface area contributed by atoms with E-state index in [0.717, 1.165) is 42.8 Å². The SMILES string of the molecule is Cc1ccnc2c1NC(=O)c1cccnc1N2C1CC1.Cc1cn([C@H]2C[C@H](N=[N+]=[N-])[C@@H](CO)O2)c(=O)[nH]c1=O.O=c1[nH]cnc2c1ncn2[C@H]1CC[C@@H](CO)O1. The number of aliphatic hydroxyl groups is 2. The van der Waals surface area contributed by atoms with Crippen LogP contribution in [-0.4, -0.2) is 92.7 Å². The third-order valence-corrected chi connectivity index (χ3v) is 9.78. The van der Waals surface area contributed by atoms with Gasteiger partial charge >= 0.3 is 5.69 Å². The minimum absolute atomic E-state index is 0.0111. The predicted octanol–water partition coefficient (Wildman–Crippen LogP) is 2.24. The lowest BCUT2D eigenvalue weighted by atomic mass is 10.1. The molecular formula is C35H39N13O8. The summed E-state index contributed by atoms with van der Waals surface area (Å²) in [4.78, 5) is 73.3. The second-order valence-electron chi connectivity index (χ2n) is 13.6. The highest BCUT2D eigenvalue weighted by molar-refractivity contribution is 6.11. The number of aromatic nitrogens is 8. The van der Waals surface area contributed by atoms with Crippen LogP contribution in [0.2, 0.25) is 0 Å². The maximum absolute atomic E-state index is 12.4. The number of anilines is 3. The Morgan fingerprint density at radius 2 is 1.71 bits per heavy atom. The van der Waals surface area contributed by atoms with Crippen molar-refractivity contribution in [3.63, 3.8) is 0 Å². The molecule has 4 aliphatic rings. The van der Waals surface area contributed by atoms with Gasteiger partial charge in [-0.15, -0.1) is 0 Å². The van der Waals surface area contributed by atoms with E-state index < -0.39 is 29.6 Å². The first-order valence-electron chi connectivity index (χ1n) is 17.9. The number of H-pyrrole nitrogens is 2. The Balaban J connectivity index is 0.000000129. The van der Waals surface area contributed by atoms with Gasteiger partial charge in [0.2, 0.25) is 0 Å². The average molecular weight is 770 g/mol. The minimum atomic E-state index is -0.671. The number of hydrogen-bond acceptors (Lipinski definition) is 14. The van der Waals surface area contributed by atoms with Gasteiger partial charge in [0.05, 0.1) is 55.4 Å². The summed E-state index contributed by atoms with van der Waals surface area (Å²) in [5.74, 6) is 1.40. The molecule has 3 fully saturated rings. The van der Waals surface area contributed by atoms with Gasteiger partial charge in [-0.25, -0.2) is 24.7 Å². The summed E-state index contributed by atoms with van der Waals surface area (Å²) in [7, 11) is 0. The van der Waals surface area contributed by atoms with Crippen molar-refractivity contribution in [2.24, 2.45) is 5.11 Å². The van der Waals surface area contributed by atoms with Gasteiger partial charge in [0.25, 0.3) is 17.0 Å². The van der Waals surface area contributed by atoms with E-state index in [1.165, 1.54) is 17.1 Å². The van der Waals surface area contributed by atoms with Gasteiger partial charge in [-0.1, -0.05) is 5.11 Å². The Labute approximate surface area is 316 Å². The Morgan fingerprint density at radius 3 is 2.45 bits per heavy atom. The van der Waals surface area contributed by atoms with Crippen molar-refractivity contribution in [2.75, 3.05) is 23.4 Å². The molecule has 0 radical (unpaired) electrons. The highest BCUT2D eigenvalue weighted by Crippen LogP contribution is 2.43. The lowest BCUT2D eigenvalue weighted by molar-refractivity contribution is -0.0271. The Bertz CT molecular complexity index is 2470. The smallest absolute Gasteiger partial charge is 0.330 e. The van der Waals surface area contributed by atoms with Gasteiger partial charge in [-0.3, -0.25) is 28.5 Å². The van der Waals surface area contributed by atoms with Gasteiger partial charge in [0.15, 0.2) is 17.0 Å². The van der Waals surface area contributed by atoms with Crippen LogP contribution in [-0.2, 0) is 9.47 Å².